The fraction of sp³-hybridized carbons (Fsp3) is 0.429. The first-order valence-corrected chi connectivity index (χ1v) is 8.83. The SMILES string of the molecule is c1ccc2c(c1)Cc1cc(CNC3CCCCCC3)ccc1-2. The van der Waals surface area contributed by atoms with Crippen molar-refractivity contribution in [3.8, 4) is 11.1 Å². The zero-order chi connectivity index (χ0) is 14.8. The van der Waals surface area contributed by atoms with Crippen molar-refractivity contribution < 1.29 is 0 Å². The molecule has 2 aromatic carbocycles. The molecule has 4 rings (SSSR count). The molecule has 2 aromatic rings. The number of hydrogen-bond acceptors (Lipinski definition) is 1. The first kappa shape index (κ1) is 14.0. The van der Waals surface area contributed by atoms with Crippen LogP contribution in [0.3, 0.4) is 0 Å². The molecule has 1 fully saturated rings. The zero-order valence-corrected chi connectivity index (χ0v) is 13.3. The van der Waals surface area contributed by atoms with Gasteiger partial charge in [0.05, 0.1) is 0 Å². The average Bonchev–Trinajstić information content (AvgIpc) is 2.72. The van der Waals surface area contributed by atoms with Gasteiger partial charge in [0, 0.05) is 12.6 Å². The lowest BCUT2D eigenvalue weighted by Crippen LogP contribution is -2.27. The van der Waals surface area contributed by atoms with Crippen molar-refractivity contribution in [1.82, 2.24) is 5.32 Å². The number of fused-ring (bicyclic) bond motifs is 3. The maximum atomic E-state index is 3.79. The molecule has 0 heterocycles. The third-order valence-electron chi connectivity index (χ3n) is 5.31. The van der Waals surface area contributed by atoms with Crippen molar-refractivity contribution in [2.45, 2.75) is 57.5 Å². The number of nitrogens with one attached hydrogen (secondary N) is 1. The summed E-state index contributed by atoms with van der Waals surface area (Å²) in [4.78, 5) is 0. The first-order chi connectivity index (χ1) is 10.9. The third kappa shape index (κ3) is 2.83. The van der Waals surface area contributed by atoms with Crippen LogP contribution in [-0.2, 0) is 13.0 Å². The summed E-state index contributed by atoms with van der Waals surface area (Å²) in [7, 11) is 0. The van der Waals surface area contributed by atoms with Crippen molar-refractivity contribution >= 4 is 0 Å². The fourth-order valence-electron chi connectivity index (χ4n) is 4.05. The van der Waals surface area contributed by atoms with Gasteiger partial charge in [0.2, 0.25) is 0 Å². The number of rotatable bonds is 3. The van der Waals surface area contributed by atoms with E-state index in [2.05, 4.69) is 47.8 Å². The predicted octanol–water partition coefficient (Wildman–Crippen LogP) is 5.07. The summed E-state index contributed by atoms with van der Waals surface area (Å²) in [5.74, 6) is 0. The quantitative estimate of drug-likeness (QED) is 0.664. The van der Waals surface area contributed by atoms with Gasteiger partial charge in [-0.1, -0.05) is 68.1 Å². The molecule has 0 unspecified atom stereocenters. The molecule has 1 nitrogen and oxygen atoms in total. The predicted molar refractivity (Wildman–Crippen MR) is 93.0 cm³/mol. The summed E-state index contributed by atoms with van der Waals surface area (Å²) in [5, 5.41) is 3.79. The maximum absolute atomic E-state index is 3.79. The van der Waals surface area contributed by atoms with E-state index in [4.69, 9.17) is 0 Å². The molecular weight excluding hydrogens is 266 g/mol. The second kappa shape index (κ2) is 6.26. The van der Waals surface area contributed by atoms with Crippen LogP contribution in [0.15, 0.2) is 42.5 Å². The second-order valence-corrected chi connectivity index (χ2v) is 6.89. The van der Waals surface area contributed by atoms with Crippen molar-refractivity contribution in [3.05, 3.63) is 59.2 Å². The molecule has 1 heteroatoms. The number of benzene rings is 2. The van der Waals surface area contributed by atoms with E-state index in [0.717, 1.165) is 19.0 Å². The summed E-state index contributed by atoms with van der Waals surface area (Å²) in [5.41, 5.74) is 7.29. The van der Waals surface area contributed by atoms with Gasteiger partial charge in [-0.05, 0) is 47.1 Å². The van der Waals surface area contributed by atoms with E-state index in [0.29, 0.717) is 0 Å². The van der Waals surface area contributed by atoms with Crippen molar-refractivity contribution in [2.24, 2.45) is 0 Å². The van der Waals surface area contributed by atoms with Gasteiger partial charge in [-0.25, -0.2) is 0 Å². The Hall–Kier alpha value is -1.60. The third-order valence-corrected chi connectivity index (χ3v) is 5.31. The molecule has 0 bridgehead atoms. The van der Waals surface area contributed by atoms with Crippen LogP contribution in [0.5, 0.6) is 0 Å². The standard InChI is InChI=1S/C21H25N/c1-2-4-9-19(8-3-1)22-15-16-11-12-21-18(13-16)14-17-7-5-6-10-20(17)21/h5-7,10-13,19,22H,1-4,8-9,14-15H2. The fourth-order valence-corrected chi connectivity index (χ4v) is 4.05. The summed E-state index contributed by atoms with van der Waals surface area (Å²) in [6, 6.07) is 16.6. The van der Waals surface area contributed by atoms with Crippen LogP contribution in [0.25, 0.3) is 11.1 Å². The molecule has 0 aromatic heterocycles. The lowest BCUT2D eigenvalue weighted by molar-refractivity contribution is 0.459. The van der Waals surface area contributed by atoms with Crippen LogP contribution in [0, 0.1) is 0 Å². The minimum absolute atomic E-state index is 0.730. The van der Waals surface area contributed by atoms with E-state index >= 15 is 0 Å². The minimum atomic E-state index is 0.730. The highest BCUT2D eigenvalue weighted by Crippen LogP contribution is 2.36. The molecule has 2 aliphatic carbocycles. The lowest BCUT2D eigenvalue weighted by atomic mass is 10.0. The van der Waals surface area contributed by atoms with Crippen molar-refractivity contribution in [1.29, 1.82) is 0 Å². The molecule has 0 atom stereocenters. The molecule has 1 saturated carbocycles. The van der Waals surface area contributed by atoms with Gasteiger partial charge >= 0.3 is 0 Å². The van der Waals surface area contributed by atoms with Gasteiger partial charge < -0.3 is 5.32 Å². The molecule has 22 heavy (non-hydrogen) atoms. The van der Waals surface area contributed by atoms with Crippen LogP contribution in [0.1, 0.15) is 55.2 Å². The molecule has 0 saturated heterocycles. The molecule has 0 spiro atoms. The number of hydrogen-bond donors (Lipinski definition) is 1. The monoisotopic (exact) mass is 291 g/mol. The molecule has 0 radical (unpaired) electrons. The summed E-state index contributed by atoms with van der Waals surface area (Å²) in [6.07, 6.45) is 9.47. The highest BCUT2D eigenvalue weighted by Gasteiger charge is 2.18. The van der Waals surface area contributed by atoms with E-state index in [1.807, 2.05) is 0 Å². The van der Waals surface area contributed by atoms with E-state index in [9.17, 15) is 0 Å². The van der Waals surface area contributed by atoms with Crippen molar-refractivity contribution in [2.75, 3.05) is 0 Å². The molecule has 0 aliphatic heterocycles. The molecule has 0 amide bonds. The Kier molecular flexibility index (Phi) is 3.99. The van der Waals surface area contributed by atoms with Gasteiger partial charge in [-0.15, -0.1) is 0 Å². The smallest absolute Gasteiger partial charge is 0.0208 e. The van der Waals surface area contributed by atoms with E-state index in [-0.39, 0.29) is 0 Å². The van der Waals surface area contributed by atoms with Crippen LogP contribution >= 0.6 is 0 Å². The summed E-state index contributed by atoms with van der Waals surface area (Å²) >= 11 is 0. The normalized spacial score (nSPS) is 17.8. The maximum Gasteiger partial charge on any atom is 0.0208 e. The second-order valence-electron chi connectivity index (χ2n) is 6.89. The topological polar surface area (TPSA) is 12.0 Å². The summed E-state index contributed by atoms with van der Waals surface area (Å²) in [6.45, 7) is 1.02. The highest BCUT2D eigenvalue weighted by molar-refractivity contribution is 5.76. The van der Waals surface area contributed by atoms with E-state index < -0.39 is 0 Å². The largest absolute Gasteiger partial charge is 0.310 e. The Morgan fingerprint density at radius 3 is 2.45 bits per heavy atom. The Labute approximate surface area is 133 Å². The zero-order valence-electron chi connectivity index (χ0n) is 13.3. The highest BCUT2D eigenvalue weighted by atomic mass is 14.9. The Morgan fingerprint density at radius 2 is 1.59 bits per heavy atom. The van der Waals surface area contributed by atoms with Crippen molar-refractivity contribution in [3.63, 3.8) is 0 Å². The van der Waals surface area contributed by atoms with Crippen LogP contribution in [0.2, 0.25) is 0 Å². The molecule has 1 N–H and O–H groups in total. The van der Waals surface area contributed by atoms with Gasteiger partial charge in [0.15, 0.2) is 0 Å². The average molecular weight is 291 g/mol. The molecule has 114 valence electrons. The van der Waals surface area contributed by atoms with Crippen LogP contribution in [0.4, 0.5) is 0 Å². The Bertz CT molecular complexity index is 651. The van der Waals surface area contributed by atoms with Gasteiger partial charge in [-0.3, -0.25) is 0 Å². The van der Waals surface area contributed by atoms with Gasteiger partial charge in [0.25, 0.3) is 0 Å². The Morgan fingerprint density at radius 1 is 0.818 bits per heavy atom. The van der Waals surface area contributed by atoms with Crippen LogP contribution < -0.4 is 5.32 Å². The van der Waals surface area contributed by atoms with E-state index in [1.165, 1.54) is 66.3 Å². The summed E-state index contributed by atoms with van der Waals surface area (Å²) < 4.78 is 0. The molecule has 2 aliphatic rings. The lowest BCUT2D eigenvalue weighted by Gasteiger charge is -2.16. The van der Waals surface area contributed by atoms with Gasteiger partial charge in [0.1, 0.15) is 0 Å². The van der Waals surface area contributed by atoms with Crippen LogP contribution in [-0.4, -0.2) is 6.04 Å². The Balaban J connectivity index is 1.45. The first-order valence-electron chi connectivity index (χ1n) is 8.83. The van der Waals surface area contributed by atoms with E-state index in [1.54, 1.807) is 0 Å². The minimum Gasteiger partial charge on any atom is -0.310 e. The molecular formula is C21H25N. The van der Waals surface area contributed by atoms with Gasteiger partial charge in [-0.2, -0.15) is 0 Å².